The second kappa shape index (κ2) is 7.53. The molecule has 110 valence electrons. The molecular weight excluding hydrogens is 260 g/mol. The second-order valence-corrected chi connectivity index (χ2v) is 4.46. The van der Waals surface area contributed by atoms with E-state index in [-0.39, 0.29) is 6.42 Å². The Bertz CT molecular complexity index is 455. The number of hydrogen-bond acceptors (Lipinski definition) is 5. The van der Waals surface area contributed by atoms with Crippen LogP contribution in [0, 0.1) is 5.92 Å². The standard InChI is InChI=1S/C15H20O5/c1-10(11-5-7-12(18-2)8-6-11)9-13(14(16)19-3)15(17)20-4/h5,7-8,13H,6,9H2,1-4H3/b11-10+. The first-order valence-electron chi connectivity index (χ1n) is 6.30. The Hall–Kier alpha value is -2.04. The molecule has 1 aliphatic rings. The first kappa shape index (κ1) is 16.0. The average molecular weight is 280 g/mol. The Labute approximate surface area is 118 Å². The van der Waals surface area contributed by atoms with Crippen LogP contribution in [-0.2, 0) is 23.8 Å². The van der Waals surface area contributed by atoms with Crippen LogP contribution in [0.2, 0.25) is 0 Å². The zero-order valence-electron chi connectivity index (χ0n) is 12.3. The monoisotopic (exact) mass is 280 g/mol. The summed E-state index contributed by atoms with van der Waals surface area (Å²) < 4.78 is 14.4. The van der Waals surface area contributed by atoms with Crippen molar-refractivity contribution in [2.45, 2.75) is 19.8 Å². The van der Waals surface area contributed by atoms with E-state index in [0.717, 1.165) is 16.9 Å². The van der Waals surface area contributed by atoms with E-state index >= 15 is 0 Å². The van der Waals surface area contributed by atoms with Gasteiger partial charge in [-0.25, -0.2) is 0 Å². The largest absolute Gasteiger partial charge is 0.497 e. The molecule has 0 amide bonds. The highest BCUT2D eigenvalue weighted by molar-refractivity contribution is 5.95. The number of carbonyl (C=O) groups excluding carboxylic acids is 2. The molecule has 0 N–H and O–H groups in total. The van der Waals surface area contributed by atoms with Crippen molar-refractivity contribution in [3.05, 3.63) is 35.1 Å². The number of esters is 2. The van der Waals surface area contributed by atoms with Gasteiger partial charge in [0.25, 0.3) is 0 Å². The van der Waals surface area contributed by atoms with E-state index in [1.807, 2.05) is 25.2 Å². The Morgan fingerprint density at radius 1 is 1.15 bits per heavy atom. The maximum absolute atomic E-state index is 11.6. The number of hydrogen-bond donors (Lipinski definition) is 0. The van der Waals surface area contributed by atoms with E-state index in [1.54, 1.807) is 7.11 Å². The molecular formula is C15H20O5. The van der Waals surface area contributed by atoms with E-state index in [4.69, 9.17) is 4.74 Å². The molecule has 0 aromatic rings. The van der Waals surface area contributed by atoms with E-state index in [0.29, 0.717) is 6.42 Å². The minimum absolute atomic E-state index is 0.287. The van der Waals surface area contributed by atoms with Crippen molar-refractivity contribution >= 4 is 11.9 Å². The summed E-state index contributed by atoms with van der Waals surface area (Å²) in [6.45, 7) is 1.89. The quantitative estimate of drug-likeness (QED) is 0.570. The van der Waals surface area contributed by atoms with E-state index in [1.165, 1.54) is 14.2 Å². The van der Waals surface area contributed by atoms with Gasteiger partial charge in [-0.2, -0.15) is 0 Å². The number of rotatable bonds is 5. The number of allylic oxidation sites excluding steroid dienone is 5. The lowest BCUT2D eigenvalue weighted by Gasteiger charge is -2.16. The molecule has 0 radical (unpaired) electrons. The number of methoxy groups -OCH3 is 3. The Balaban J connectivity index is 2.84. The minimum atomic E-state index is -0.918. The van der Waals surface area contributed by atoms with Crippen LogP contribution in [0.3, 0.4) is 0 Å². The summed E-state index contributed by atoms with van der Waals surface area (Å²) in [6, 6.07) is 0. The molecule has 0 unspecified atom stereocenters. The summed E-state index contributed by atoms with van der Waals surface area (Å²) in [5.74, 6) is -1.27. The molecule has 20 heavy (non-hydrogen) atoms. The van der Waals surface area contributed by atoms with E-state index < -0.39 is 17.9 Å². The lowest BCUT2D eigenvalue weighted by Crippen LogP contribution is -2.27. The molecule has 5 nitrogen and oxygen atoms in total. The fraction of sp³-hybridized carbons (Fsp3) is 0.467. The first-order chi connectivity index (χ1) is 9.53. The van der Waals surface area contributed by atoms with Gasteiger partial charge in [-0.1, -0.05) is 11.6 Å². The van der Waals surface area contributed by atoms with E-state index in [9.17, 15) is 9.59 Å². The average Bonchev–Trinajstić information content (AvgIpc) is 2.50. The van der Waals surface area contributed by atoms with Gasteiger partial charge in [-0.15, -0.1) is 0 Å². The first-order valence-corrected chi connectivity index (χ1v) is 6.30. The van der Waals surface area contributed by atoms with Crippen LogP contribution in [0.15, 0.2) is 35.1 Å². The highest BCUT2D eigenvalue weighted by Gasteiger charge is 2.29. The SMILES string of the molecule is COC(=O)C(C/C(C)=C1\C=CC(OC)=CC1)C(=O)OC. The normalized spacial score (nSPS) is 16.6. The third-order valence-electron chi connectivity index (χ3n) is 3.24. The fourth-order valence-electron chi connectivity index (χ4n) is 1.98. The fourth-order valence-corrected chi connectivity index (χ4v) is 1.98. The lowest BCUT2D eigenvalue weighted by molar-refractivity contribution is -0.158. The molecule has 0 saturated carbocycles. The van der Waals surface area contributed by atoms with E-state index in [2.05, 4.69) is 9.47 Å². The molecule has 5 heteroatoms. The van der Waals surface area contributed by atoms with Gasteiger partial charge in [0, 0.05) is 0 Å². The molecule has 1 aliphatic carbocycles. The topological polar surface area (TPSA) is 61.8 Å². The molecule has 1 rings (SSSR count). The van der Waals surface area contributed by atoms with Crippen LogP contribution >= 0.6 is 0 Å². The zero-order valence-corrected chi connectivity index (χ0v) is 12.3. The third-order valence-corrected chi connectivity index (χ3v) is 3.24. The van der Waals surface area contributed by atoms with Crippen molar-refractivity contribution in [3.63, 3.8) is 0 Å². The van der Waals surface area contributed by atoms with Crippen LogP contribution in [0.4, 0.5) is 0 Å². The summed E-state index contributed by atoms with van der Waals surface area (Å²) in [4.78, 5) is 23.3. The lowest BCUT2D eigenvalue weighted by atomic mass is 9.93. The summed E-state index contributed by atoms with van der Waals surface area (Å²) in [5.41, 5.74) is 2.01. The Morgan fingerprint density at radius 3 is 2.15 bits per heavy atom. The maximum atomic E-state index is 11.6. The predicted octanol–water partition coefficient (Wildman–Crippen LogP) is 2.15. The molecule has 0 spiro atoms. The maximum Gasteiger partial charge on any atom is 0.320 e. The zero-order chi connectivity index (χ0) is 15.1. The van der Waals surface area contributed by atoms with Gasteiger partial charge in [-0.3, -0.25) is 9.59 Å². The highest BCUT2D eigenvalue weighted by Crippen LogP contribution is 2.24. The highest BCUT2D eigenvalue weighted by atomic mass is 16.5. The van der Waals surface area contributed by atoms with Crippen molar-refractivity contribution in [2.75, 3.05) is 21.3 Å². The molecule has 0 aromatic carbocycles. The van der Waals surface area contributed by atoms with Crippen molar-refractivity contribution in [3.8, 4) is 0 Å². The molecule has 0 heterocycles. The molecule has 0 aliphatic heterocycles. The van der Waals surface area contributed by atoms with Gasteiger partial charge in [0.05, 0.1) is 21.3 Å². The predicted molar refractivity (Wildman–Crippen MR) is 73.7 cm³/mol. The van der Waals surface area contributed by atoms with Gasteiger partial charge < -0.3 is 14.2 Å². The van der Waals surface area contributed by atoms with Gasteiger partial charge in [0.2, 0.25) is 0 Å². The Morgan fingerprint density at radius 2 is 1.75 bits per heavy atom. The number of carbonyl (C=O) groups is 2. The van der Waals surface area contributed by atoms with Crippen LogP contribution < -0.4 is 0 Å². The third kappa shape index (κ3) is 3.98. The van der Waals surface area contributed by atoms with Gasteiger partial charge in [0.15, 0.2) is 5.92 Å². The van der Waals surface area contributed by atoms with Crippen molar-refractivity contribution < 1.29 is 23.8 Å². The number of ether oxygens (including phenoxy) is 3. The minimum Gasteiger partial charge on any atom is -0.497 e. The van der Waals surface area contributed by atoms with Crippen LogP contribution in [0.25, 0.3) is 0 Å². The van der Waals surface area contributed by atoms with Gasteiger partial charge in [-0.05, 0) is 37.5 Å². The van der Waals surface area contributed by atoms with Crippen molar-refractivity contribution in [2.24, 2.45) is 5.92 Å². The summed E-state index contributed by atoms with van der Waals surface area (Å²) in [7, 11) is 4.13. The molecule has 0 atom stereocenters. The van der Waals surface area contributed by atoms with Crippen molar-refractivity contribution in [1.29, 1.82) is 0 Å². The summed E-state index contributed by atoms with van der Waals surface area (Å²) in [5, 5.41) is 0. The van der Waals surface area contributed by atoms with Crippen LogP contribution in [-0.4, -0.2) is 33.3 Å². The summed E-state index contributed by atoms with van der Waals surface area (Å²) >= 11 is 0. The van der Waals surface area contributed by atoms with Crippen LogP contribution in [0.1, 0.15) is 19.8 Å². The molecule has 0 fully saturated rings. The molecule has 0 aromatic heterocycles. The Kier molecular flexibility index (Phi) is 6.03. The van der Waals surface area contributed by atoms with Gasteiger partial charge in [0.1, 0.15) is 5.76 Å². The molecule has 0 saturated heterocycles. The summed E-state index contributed by atoms with van der Waals surface area (Å²) in [6.07, 6.45) is 6.73. The molecule has 0 bridgehead atoms. The van der Waals surface area contributed by atoms with Gasteiger partial charge >= 0.3 is 11.9 Å². The van der Waals surface area contributed by atoms with Crippen molar-refractivity contribution in [1.82, 2.24) is 0 Å². The second-order valence-electron chi connectivity index (χ2n) is 4.46. The smallest absolute Gasteiger partial charge is 0.320 e. The van der Waals surface area contributed by atoms with Crippen LogP contribution in [0.5, 0.6) is 0 Å².